The topological polar surface area (TPSA) is 57.0 Å². The number of imidazole rings is 1. The summed E-state index contributed by atoms with van der Waals surface area (Å²) < 4.78 is 7.42. The van der Waals surface area contributed by atoms with Crippen LogP contribution in [0.4, 0.5) is 0 Å². The lowest BCUT2D eigenvalue weighted by Gasteiger charge is -2.00. The highest BCUT2D eigenvalue weighted by molar-refractivity contribution is 5.83. The van der Waals surface area contributed by atoms with Crippen molar-refractivity contribution in [2.75, 3.05) is 0 Å². The van der Waals surface area contributed by atoms with Crippen LogP contribution < -0.4 is 5.73 Å². The zero-order chi connectivity index (χ0) is 12.7. The molecule has 3 aromatic rings. The average Bonchev–Trinajstić information content (AvgIpc) is 2.93. The van der Waals surface area contributed by atoms with Crippen LogP contribution in [0, 0.1) is 6.92 Å². The Hall–Kier alpha value is -2.07. The van der Waals surface area contributed by atoms with Crippen LogP contribution in [0.5, 0.6) is 0 Å². The first kappa shape index (κ1) is 11.0. The van der Waals surface area contributed by atoms with Crippen LogP contribution in [0.15, 0.2) is 34.9 Å². The van der Waals surface area contributed by atoms with Crippen molar-refractivity contribution in [3.8, 4) is 11.4 Å². The molecule has 2 aromatic heterocycles. The van der Waals surface area contributed by atoms with Gasteiger partial charge in [-0.2, -0.15) is 0 Å². The molecule has 0 fully saturated rings. The van der Waals surface area contributed by atoms with Crippen molar-refractivity contribution in [1.29, 1.82) is 0 Å². The van der Waals surface area contributed by atoms with Crippen molar-refractivity contribution in [1.82, 2.24) is 9.55 Å². The quantitative estimate of drug-likeness (QED) is 0.750. The van der Waals surface area contributed by atoms with Gasteiger partial charge >= 0.3 is 0 Å². The first-order valence-electron chi connectivity index (χ1n) is 5.91. The molecule has 4 nitrogen and oxygen atoms in total. The maximum atomic E-state index is 5.76. The van der Waals surface area contributed by atoms with Crippen LogP contribution in [0.2, 0.25) is 0 Å². The SMILES string of the molecule is Cc1occc1-c1nc2c(CN)cccc2n1C. The van der Waals surface area contributed by atoms with E-state index in [1.165, 1.54) is 0 Å². The molecule has 0 aliphatic heterocycles. The fourth-order valence-corrected chi connectivity index (χ4v) is 2.30. The van der Waals surface area contributed by atoms with Gasteiger partial charge in [0.15, 0.2) is 0 Å². The van der Waals surface area contributed by atoms with Gasteiger partial charge in [0, 0.05) is 13.6 Å². The van der Waals surface area contributed by atoms with E-state index in [1.54, 1.807) is 6.26 Å². The molecule has 3 rings (SSSR count). The Balaban J connectivity index is 2.32. The molecule has 1 aromatic carbocycles. The predicted molar refractivity (Wildman–Crippen MR) is 71.0 cm³/mol. The number of benzene rings is 1. The second-order valence-electron chi connectivity index (χ2n) is 4.37. The summed E-state index contributed by atoms with van der Waals surface area (Å²) in [6.07, 6.45) is 1.69. The van der Waals surface area contributed by atoms with Crippen LogP contribution in [0.25, 0.3) is 22.4 Å². The molecule has 92 valence electrons. The van der Waals surface area contributed by atoms with E-state index in [9.17, 15) is 0 Å². The molecule has 0 aliphatic rings. The van der Waals surface area contributed by atoms with E-state index >= 15 is 0 Å². The molecule has 0 bridgehead atoms. The molecule has 0 unspecified atom stereocenters. The molecule has 4 heteroatoms. The highest BCUT2D eigenvalue weighted by Gasteiger charge is 2.14. The molecular weight excluding hydrogens is 226 g/mol. The van der Waals surface area contributed by atoms with Gasteiger partial charge in [-0.25, -0.2) is 4.98 Å². The lowest BCUT2D eigenvalue weighted by atomic mass is 10.2. The predicted octanol–water partition coefficient (Wildman–Crippen LogP) is 2.60. The number of hydrogen-bond donors (Lipinski definition) is 1. The van der Waals surface area contributed by atoms with Crippen LogP contribution in [-0.4, -0.2) is 9.55 Å². The van der Waals surface area contributed by atoms with Crippen molar-refractivity contribution < 1.29 is 4.42 Å². The summed E-state index contributed by atoms with van der Waals surface area (Å²) in [5, 5.41) is 0. The highest BCUT2D eigenvalue weighted by atomic mass is 16.3. The zero-order valence-electron chi connectivity index (χ0n) is 10.5. The molecule has 18 heavy (non-hydrogen) atoms. The van der Waals surface area contributed by atoms with E-state index in [4.69, 9.17) is 15.1 Å². The summed E-state index contributed by atoms with van der Waals surface area (Å²) in [5.41, 5.74) is 9.91. The van der Waals surface area contributed by atoms with Gasteiger partial charge in [0.1, 0.15) is 11.6 Å². The van der Waals surface area contributed by atoms with Gasteiger partial charge in [0.2, 0.25) is 0 Å². The third kappa shape index (κ3) is 1.46. The summed E-state index contributed by atoms with van der Waals surface area (Å²) >= 11 is 0. The highest BCUT2D eigenvalue weighted by Crippen LogP contribution is 2.28. The maximum Gasteiger partial charge on any atom is 0.144 e. The van der Waals surface area contributed by atoms with Crippen LogP contribution >= 0.6 is 0 Å². The summed E-state index contributed by atoms with van der Waals surface area (Å²) in [6.45, 7) is 2.44. The fourth-order valence-electron chi connectivity index (χ4n) is 2.30. The second kappa shape index (κ2) is 3.99. The molecule has 0 amide bonds. The van der Waals surface area contributed by atoms with E-state index in [-0.39, 0.29) is 0 Å². The van der Waals surface area contributed by atoms with Gasteiger partial charge in [-0.05, 0) is 24.6 Å². The van der Waals surface area contributed by atoms with Crippen LogP contribution in [-0.2, 0) is 13.6 Å². The number of fused-ring (bicyclic) bond motifs is 1. The summed E-state index contributed by atoms with van der Waals surface area (Å²) in [7, 11) is 2.01. The number of para-hydroxylation sites is 1. The molecule has 0 spiro atoms. The Bertz CT molecular complexity index is 709. The smallest absolute Gasteiger partial charge is 0.144 e. The number of aryl methyl sites for hydroxylation is 2. The van der Waals surface area contributed by atoms with Gasteiger partial charge in [-0.15, -0.1) is 0 Å². The number of hydrogen-bond acceptors (Lipinski definition) is 3. The van der Waals surface area contributed by atoms with Crippen molar-refractivity contribution >= 4 is 11.0 Å². The molecule has 2 N–H and O–H groups in total. The number of aromatic nitrogens is 2. The Kier molecular flexibility index (Phi) is 2.45. The van der Waals surface area contributed by atoms with Gasteiger partial charge in [-0.3, -0.25) is 0 Å². The normalized spacial score (nSPS) is 11.3. The van der Waals surface area contributed by atoms with E-state index in [0.29, 0.717) is 6.54 Å². The molecule has 0 aliphatic carbocycles. The van der Waals surface area contributed by atoms with Crippen LogP contribution in [0.1, 0.15) is 11.3 Å². The zero-order valence-corrected chi connectivity index (χ0v) is 10.5. The first-order chi connectivity index (χ1) is 8.72. The van der Waals surface area contributed by atoms with Gasteiger partial charge in [-0.1, -0.05) is 12.1 Å². The fraction of sp³-hybridized carbons (Fsp3) is 0.214. The number of furan rings is 1. The average molecular weight is 241 g/mol. The maximum absolute atomic E-state index is 5.76. The van der Waals surface area contributed by atoms with Gasteiger partial charge < -0.3 is 14.7 Å². The minimum Gasteiger partial charge on any atom is -0.469 e. The lowest BCUT2D eigenvalue weighted by molar-refractivity contribution is 0.535. The third-order valence-corrected chi connectivity index (χ3v) is 3.31. The standard InChI is InChI=1S/C14H15N3O/c1-9-11(6-7-18-9)14-16-13-10(8-15)4-3-5-12(13)17(14)2/h3-7H,8,15H2,1-2H3. The summed E-state index contributed by atoms with van der Waals surface area (Å²) in [5.74, 6) is 1.79. The molecule has 2 heterocycles. The monoisotopic (exact) mass is 241 g/mol. The Labute approximate surface area is 105 Å². The van der Waals surface area contributed by atoms with Crippen molar-refractivity contribution in [3.63, 3.8) is 0 Å². The summed E-state index contributed by atoms with van der Waals surface area (Å²) in [4.78, 5) is 4.71. The van der Waals surface area contributed by atoms with E-state index < -0.39 is 0 Å². The Morgan fingerprint density at radius 1 is 1.33 bits per heavy atom. The minimum absolute atomic E-state index is 0.498. The van der Waals surface area contributed by atoms with Crippen molar-refractivity contribution in [2.24, 2.45) is 12.8 Å². The third-order valence-electron chi connectivity index (χ3n) is 3.31. The lowest BCUT2D eigenvalue weighted by Crippen LogP contribution is -1.97. The van der Waals surface area contributed by atoms with E-state index in [0.717, 1.165) is 33.7 Å². The van der Waals surface area contributed by atoms with Crippen molar-refractivity contribution in [2.45, 2.75) is 13.5 Å². The van der Waals surface area contributed by atoms with E-state index in [2.05, 4.69) is 10.6 Å². The van der Waals surface area contributed by atoms with Crippen molar-refractivity contribution in [3.05, 3.63) is 41.9 Å². The molecule has 0 radical (unpaired) electrons. The summed E-state index contributed by atoms with van der Waals surface area (Å²) in [6, 6.07) is 8.03. The molecule has 0 saturated heterocycles. The number of nitrogens with two attached hydrogens (primary N) is 1. The van der Waals surface area contributed by atoms with Gasteiger partial charge in [0.05, 0.1) is 22.9 Å². The first-order valence-corrected chi connectivity index (χ1v) is 5.91. The molecular formula is C14H15N3O. The second-order valence-corrected chi connectivity index (χ2v) is 4.37. The number of rotatable bonds is 2. The largest absolute Gasteiger partial charge is 0.469 e. The Morgan fingerprint density at radius 3 is 2.83 bits per heavy atom. The minimum atomic E-state index is 0.498. The number of nitrogens with zero attached hydrogens (tertiary/aromatic N) is 2. The Morgan fingerprint density at radius 2 is 2.17 bits per heavy atom. The molecule has 0 saturated carbocycles. The van der Waals surface area contributed by atoms with Crippen LogP contribution in [0.3, 0.4) is 0 Å². The van der Waals surface area contributed by atoms with Gasteiger partial charge in [0.25, 0.3) is 0 Å². The molecule has 0 atom stereocenters. The van der Waals surface area contributed by atoms with E-state index in [1.807, 2.05) is 32.2 Å².